The van der Waals surface area contributed by atoms with Crippen molar-refractivity contribution < 1.29 is 49.3 Å². The summed E-state index contributed by atoms with van der Waals surface area (Å²) in [6.45, 7) is 5.81. The Balaban J connectivity index is 2.67. The van der Waals surface area contributed by atoms with E-state index < -0.39 is 67.4 Å². The Morgan fingerprint density at radius 3 is 1.26 bits per heavy atom. The molecule has 1 amide bonds. The number of hydrogen-bond donors (Lipinski definition) is 6. The summed E-state index contributed by atoms with van der Waals surface area (Å²) in [5, 5.41) is 57.1. The smallest absolute Gasteiger partial charge is 0.306 e. The molecule has 1 saturated heterocycles. The second kappa shape index (κ2) is 54.5. The van der Waals surface area contributed by atoms with Crippen molar-refractivity contribution in [1.82, 2.24) is 5.32 Å². The fraction of sp³-hybridized carbons (Fsp3) is 0.879. The monoisotopic (exact) mass is 1090 g/mol. The van der Waals surface area contributed by atoms with Crippen molar-refractivity contribution in [2.75, 3.05) is 13.2 Å². The highest BCUT2D eigenvalue weighted by Crippen LogP contribution is 2.26. The number of esters is 1. The van der Waals surface area contributed by atoms with Crippen LogP contribution in [0, 0.1) is 0 Å². The minimum Gasteiger partial charge on any atom is -0.454 e. The number of carbonyl (C=O) groups is 2. The predicted octanol–water partition coefficient (Wildman–Crippen LogP) is 15.8. The molecule has 11 heteroatoms. The van der Waals surface area contributed by atoms with E-state index in [1.165, 1.54) is 186 Å². The van der Waals surface area contributed by atoms with Gasteiger partial charge in [-0.2, -0.15) is 0 Å². The molecule has 0 spiro atoms. The van der Waals surface area contributed by atoms with Crippen LogP contribution in [0.15, 0.2) is 36.5 Å². The van der Waals surface area contributed by atoms with Crippen LogP contribution in [0.2, 0.25) is 0 Å². The van der Waals surface area contributed by atoms with Crippen molar-refractivity contribution in [1.29, 1.82) is 0 Å². The van der Waals surface area contributed by atoms with Gasteiger partial charge in [-0.1, -0.05) is 263 Å². The maximum absolute atomic E-state index is 13.4. The molecule has 8 unspecified atom stereocenters. The Kier molecular flexibility index (Phi) is 51.6. The van der Waals surface area contributed by atoms with Crippen LogP contribution in [0.5, 0.6) is 0 Å². The van der Waals surface area contributed by atoms with Crippen molar-refractivity contribution >= 4 is 11.9 Å². The summed E-state index contributed by atoms with van der Waals surface area (Å²) in [5.74, 6) is -1.19. The molecule has 452 valence electrons. The Bertz CT molecular complexity index is 1390. The van der Waals surface area contributed by atoms with Crippen LogP contribution < -0.4 is 5.32 Å². The second-order valence-corrected chi connectivity index (χ2v) is 22.8. The molecule has 0 aromatic heterocycles. The molecule has 1 fully saturated rings. The van der Waals surface area contributed by atoms with Crippen LogP contribution in [0.3, 0.4) is 0 Å². The highest BCUT2D eigenvalue weighted by atomic mass is 16.7. The number of rotatable bonds is 56. The van der Waals surface area contributed by atoms with E-state index in [-0.39, 0.29) is 13.0 Å². The zero-order chi connectivity index (χ0) is 56.1. The molecular formula is C66H123NO10. The lowest BCUT2D eigenvalue weighted by Crippen LogP contribution is -2.61. The van der Waals surface area contributed by atoms with E-state index in [0.29, 0.717) is 19.3 Å². The lowest BCUT2D eigenvalue weighted by Gasteiger charge is -2.41. The number of aliphatic hydroxyl groups excluding tert-OH is 5. The van der Waals surface area contributed by atoms with E-state index in [0.717, 1.165) is 77.0 Å². The highest BCUT2D eigenvalue weighted by molar-refractivity contribution is 5.80. The van der Waals surface area contributed by atoms with Gasteiger partial charge < -0.3 is 45.1 Å². The predicted molar refractivity (Wildman–Crippen MR) is 320 cm³/mol. The van der Waals surface area contributed by atoms with Crippen molar-refractivity contribution in [2.45, 2.75) is 359 Å². The van der Waals surface area contributed by atoms with Crippen molar-refractivity contribution in [2.24, 2.45) is 0 Å². The summed E-state index contributed by atoms with van der Waals surface area (Å²) in [6.07, 6.45) is 54.6. The Morgan fingerprint density at radius 2 is 0.857 bits per heavy atom. The molecule has 0 bridgehead atoms. The number of allylic oxidation sites excluding steroid dienone is 5. The lowest BCUT2D eigenvalue weighted by atomic mass is 9.99. The van der Waals surface area contributed by atoms with Gasteiger partial charge in [-0.25, -0.2) is 0 Å². The number of amides is 1. The first-order valence-electron chi connectivity index (χ1n) is 32.8. The fourth-order valence-electron chi connectivity index (χ4n) is 10.3. The van der Waals surface area contributed by atoms with Gasteiger partial charge in [0.05, 0.1) is 25.4 Å². The van der Waals surface area contributed by atoms with Crippen LogP contribution in [0.4, 0.5) is 0 Å². The minimum absolute atomic E-state index is 0.121. The van der Waals surface area contributed by atoms with E-state index in [9.17, 15) is 35.1 Å². The maximum Gasteiger partial charge on any atom is 0.306 e. The third-order valence-electron chi connectivity index (χ3n) is 15.5. The molecule has 6 N–H and O–H groups in total. The van der Waals surface area contributed by atoms with Gasteiger partial charge >= 0.3 is 5.97 Å². The Labute approximate surface area is 473 Å². The summed E-state index contributed by atoms with van der Waals surface area (Å²) < 4.78 is 17.6. The summed E-state index contributed by atoms with van der Waals surface area (Å²) in [5.41, 5.74) is 0. The highest BCUT2D eigenvalue weighted by Gasteiger charge is 2.47. The van der Waals surface area contributed by atoms with Gasteiger partial charge in [0.1, 0.15) is 24.4 Å². The number of nitrogens with one attached hydrogen (secondary N) is 1. The Morgan fingerprint density at radius 1 is 0.494 bits per heavy atom. The van der Waals surface area contributed by atoms with Gasteiger partial charge in [-0.05, 0) is 77.0 Å². The van der Waals surface area contributed by atoms with Crippen molar-refractivity contribution in [3.63, 3.8) is 0 Å². The van der Waals surface area contributed by atoms with E-state index in [1.54, 1.807) is 6.08 Å². The maximum atomic E-state index is 13.4. The molecule has 11 nitrogen and oxygen atoms in total. The summed E-state index contributed by atoms with van der Waals surface area (Å²) in [6, 6.07) is -1.02. The fourth-order valence-corrected chi connectivity index (χ4v) is 10.3. The SMILES string of the molecule is CCCCCCCC/C=C/CCCCCCCCCCC(O)C(=O)NC(COC1OC(CO)C(O)C(O)C1OC(=O)CCCCCCCCC/C=C/CCCCCCCC)C(O)/C=C/CCCCCCCCCCCCC. The number of carbonyl (C=O) groups excluding carboxylic acids is 2. The third kappa shape index (κ3) is 42.4. The summed E-state index contributed by atoms with van der Waals surface area (Å²) in [7, 11) is 0. The van der Waals surface area contributed by atoms with Crippen molar-refractivity contribution in [3.8, 4) is 0 Å². The first-order chi connectivity index (χ1) is 37.7. The van der Waals surface area contributed by atoms with Gasteiger partial charge in [-0.15, -0.1) is 0 Å². The number of ether oxygens (including phenoxy) is 3. The van der Waals surface area contributed by atoms with Crippen LogP contribution in [-0.4, -0.2) is 99.6 Å². The van der Waals surface area contributed by atoms with E-state index in [4.69, 9.17) is 14.2 Å². The number of aliphatic hydroxyl groups is 5. The normalized spacial score (nSPS) is 19.2. The van der Waals surface area contributed by atoms with Gasteiger partial charge in [0.15, 0.2) is 12.4 Å². The van der Waals surface area contributed by atoms with E-state index in [2.05, 4.69) is 50.4 Å². The zero-order valence-electron chi connectivity index (χ0n) is 50.1. The van der Waals surface area contributed by atoms with E-state index in [1.807, 2.05) is 6.08 Å². The van der Waals surface area contributed by atoms with Crippen LogP contribution in [-0.2, 0) is 23.8 Å². The molecule has 1 aliphatic rings. The van der Waals surface area contributed by atoms with Gasteiger partial charge in [-0.3, -0.25) is 9.59 Å². The van der Waals surface area contributed by atoms with E-state index >= 15 is 0 Å². The number of hydrogen-bond acceptors (Lipinski definition) is 10. The lowest BCUT2D eigenvalue weighted by molar-refractivity contribution is -0.305. The first-order valence-corrected chi connectivity index (χ1v) is 32.8. The van der Waals surface area contributed by atoms with Crippen LogP contribution in [0.25, 0.3) is 0 Å². The first kappa shape index (κ1) is 72.9. The summed E-state index contributed by atoms with van der Waals surface area (Å²) in [4.78, 5) is 26.6. The molecule has 1 aliphatic heterocycles. The average Bonchev–Trinajstić information content (AvgIpc) is 3.43. The quantitative estimate of drug-likeness (QED) is 0.0195. The molecule has 0 aliphatic carbocycles. The molecule has 77 heavy (non-hydrogen) atoms. The average molecular weight is 1090 g/mol. The largest absolute Gasteiger partial charge is 0.454 e. The molecule has 0 aromatic rings. The molecule has 1 rings (SSSR count). The molecule has 0 aromatic carbocycles. The molecule has 0 saturated carbocycles. The van der Waals surface area contributed by atoms with Crippen LogP contribution in [0.1, 0.15) is 310 Å². The van der Waals surface area contributed by atoms with Gasteiger partial charge in [0.25, 0.3) is 0 Å². The molecule has 0 radical (unpaired) electrons. The Hall–Kier alpha value is -2.12. The van der Waals surface area contributed by atoms with Gasteiger partial charge in [0, 0.05) is 6.42 Å². The third-order valence-corrected chi connectivity index (χ3v) is 15.5. The standard InChI is InChI=1S/C66H123NO10/c1-4-7-10-13-16-19-22-25-27-29-31-32-35-38-41-44-47-50-53-59(70)65(74)67-57(58(69)52-49-46-43-40-37-34-24-21-18-15-12-9-6-3)56-75-66-64(63(73)62(72)60(55-68)76-66)77-61(71)54-51-48-45-42-39-36-33-30-28-26-23-20-17-14-11-8-5-2/h25-28,49,52,57-60,62-64,66,68-70,72-73H,4-24,29-48,50-51,53-56H2,1-3H3,(H,67,74)/b27-25+,28-26+,52-49+. The van der Waals surface area contributed by atoms with Gasteiger partial charge in [0.2, 0.25) is 5.91 Å². The number of unbranched alkanes of at least 4 members (excludes halogenated alkanes) is 38. The summed E-state index contributed by atoms with van der Waals surface area (Å²) >= 11 is 0. The minimum atomic E-state index is -1.61. The molecular weight excluding hydrogens is 967 g/mol. The second-order valence-electron chi connectivity index (χ2n) is 22.8. The molecule has 8 atom stereocenters. The topological polar surface area (TPSA) is 175 Å². The van der Waals surface area contributed by atoms with Crippen molar-refractivity contribution in [3.05, 3.63) is 36.5 Å². The molecule has 1 heterocycles. The zero-order valence-corrected chi connectivity index (χ0v) is 50.1. The van der Waals surface area contributed by atoms with Crippen LogP contribution >= 0.6 is 0 Å².